The molecule has 0 rings (SSSR count). The van der Waals surface area contributed by atoms with Crippen molar-refractivity contribution in [1.29, 1.82) is 0 Å². The third kappa shape index (κ3) is 2.60. The maximum atomic E-state index is 8.62. The van der Waals surface area contributed by atoms with Crippen molar-refractivity contribution in [3.63, 3.8) is 0 Å². The van der Waals surface area contributed by atoms with E-state index >= 15 is 0 Å². The summed E-state index contributed by atoms with van der Waals surface area (Å²) in [4.78, 5) is 0. The van der Waals surface area contributed by atoms with Crippen LogP contribution in [0, 0.1) is 5.92 Å². The SMILES string of the molecule is C[C](CO)C(C)O. The summed E-state index contributed by atoms with van der Waals surface area (Å²) < 4.78 is 0. The molecule has 0 aromatic heterocycles. The van der Waals surface area contributed by atoms with E-state index in [1.54, 1.807) is 13.8 Å². The maximum absolute atomic E-state index is 8.62. The van der Waals surface area contributed by atoms with Gasteiger partial charge in [0.2, 0.25) is 0 Å². The van der Waals surface area contributed by atoms with E-state index in [2.05, 4.69) is 0 Å². The molecular weight excluding hydrogens is 92.1 g/mol. The lowest BCUT2D eigenvalue weighted by Crippen LogP contribution is -2.13. The summed E-state index contributed by atoms with van der Waals surface area (Å²) in [6.45, 7) is 3.33. The molecule has 0 bridgehead atoms. The van der Waals surface area contributed by atoms with E-state index in [0.29, 0.717) is 5.92 Å². The minimum atomic E-state index is -0.468. The summed E-state index contributed by atoms with van der Waals surface area (Å²) in [6.07, 6.45) is -0.468. The van der Waals surface area contributed by atoms with Crippen molar-refractivity contribution in [2.45, 2.75) is 20.0 Å². The molecule has 2 N–H and O–H groups in total. The van der Waals surface area contributed by atoms with Crippen molar-refractivity contribution in [3.05, 3.63) is 5.92 Å². The number of hydrogen-bond acceptors (Lipinski definition) is 2. The Kier molecular flexibility index (Phi) is 2.96. The molecule has 7 heavy (non-hydrogen) atoms. The largest absolute Gasteiger partial charge is 0.396 e. The Morgan fingerprint density at radius 2 is 2.14 bits per heavy atom. The molecule has 1 atom stereocenters. The van der Waals surface area contributed by atoms with Gasteiger partial charge >= 0.3 is 0 Å². The Bertz CT molecular complexity index is 43.3. The fraction of sp³-hybridized carbons (Fsp3) is 0.800. The third-order valence-corrected chi connectivity index (χ3v) is 0.963. The van der Waals surface area contributed by atoms with Crippen LogP contribution in [-0.4, -0.2) is 22.9 Å². The zero-order valence-corrected chi connectivity index (χ0v) is 4.68. The minimum absolute atomic E-state index is 0.0162. The second kappa shape index (κ2) is 2.99. The lowest BCUT2D eigenvalue weighted by molar-refractivity contribution is 0.173. The molecule has 2 heteroatoms. The fourth-order valence-corrected chi connectivity index (χ4v) is 0.132. The van der Waals surface area contributed by atoms with Crippen molar-refractivity contribution in [1.82, 2.24) is 0 Å². The van der Waals surface area contributed by atoms with E-state index < -0.39 is 6.10 Å². The van der Waals surface area contributed by atoms with Crippen LogP contribution in [0.4, 0.5) is 0 Å². The molecule has 0 aliphatic heterocycles. The third-order valence-electron chi connectivity index (χ3n) is 0.963. The van der Waals surface area contributed by atoms with Crippen LogP contribution >= 0.6 is 0 Å². The van der Waals surface area contributed by atoms with Crippen LogP contribution in [0.2, 0.25) is 0 Å². The molecule has 0 heterocycles. The molecule has 0 spiro atoms. The van der Waals surface area contributed by atoms with Crippen molar-refractivity contribution in [2.24, 2.45) is 0 Å². The fourth-order valence-electron chi connectivity index (χ4n) is 0.132. The quantitative estimate of drug-likeness (QED) is 0.514. The van der Waals surface area contributed by atoms with E-state index in [4.69, 9.17) is 10.2 Å². The first kappa shape index (κ1) is 6.92. The van der Waals surface area contributed by atoms with Gasteiger partial charge in [0.05, 0.1) is 12.7 Å². The first-order chi connectivity index (χ1) is 3.18. The summed E-state index contributed by atoms with van der Waals surface area (Å²) in [5.41, 5.74) is 0. The number of aliphatic hydroxyl groups excluding tert-OH is 2. The Morgan fingerprint density at radius 1 is 1.71 bits per heavy atom. The smallest absolute Gasteiger partial charge is 0.0594 e. The van der Waals surface area contributed by atoms with Crippen molar-refractivity contribution in [2.75, 3.05) is 6.61 Å². The van der Waals surface area contributed by atoms with Gasteiger partial charge in [-0.25, -0.2) is 0 Å². The lowest BCUT2D eigenvalue weighted by atomic mass is 10.1. The molecule has 0 aliphatic rings. The van der Waals surface area contributed by atoms with Gasteiger partial charge in [-0.3, -0.25) is 0 Å². The Labute approximate surface area is 43.8 Å². The van der Waals surface area contributed by atoms with Crippen LogP contribution in [0.1, 0.15) is 13.8 Å². The molecule has 1 unspecified atom stereocenters. The standard InChI is InChI=1S/C5H11O2/c1-4(3-6)5(2)7/h5-7H,3H2,1-2H3. The Hall–Kier alpha value is -0.0800. The molecule has 0 aromatic rings. The van der Waals surface area contributed by atoms with Gasteiger partial charge in [0.1, 0.15) is 0 Å². The summed E-state index contributed by atoms with van der Waals surface area (Å²) >= 11 is 0. The van der Waals surface area contributed by atoms with Crippen LogP contribution in [0.3, 0.4) is 0 Å². The lowest BCUT2D eigenvalue weighted by Gasteiger charge is -2.07. The van der Waals surface area contributed by atoms with Crippen LogP contribution in [-0.2, 0) is 0 Å². The van der Waals surface area contributed by atoms with Crippen molar-refractivity contribution >= 4 is 0 Å². The maximum Gasteiger partial charge on any atom is 0.0594 e. The van der Waals surface area contributed by atoms with Gasteiger partial charge in [-0.2, -0.15) is 0 Å². The van der Waals surface area contributed by atoms with Gasteiger partial charge in [0.15, 0.2) is 0 Å². The molecule has 0 saturated heterocycles. The summed E-state index contributed by atoms with van der Waals surface area (Å²) in [5, 5.41) is 16.9. The van der Waals surface area contributed by atoms with Gasteiger partial charge < -0.3 is 10.2 Å². The van der Waals surface area contributed by atoms with Crippen LogP contribution < -0.4 is 0 Å². The van der Waals surface area contributed by atoms with E-state index in [9.17, 15) is 0 Å². The molecule has 2 nitrogen and oxygen atoms in total. The van der Waals surface area contributed by atoms with E-state index in [1.807, 2.05) is 0 Å². The number of aliphatic hydroxyl groups is 2. The zero-order chi connectivity index (χ0) is 5.86. The molecule has 43 valence electrons. The highest BCUT2D eigenvalue weighted by Gasteiger charge is 2.05. The van der Waals surface area contributed by atoms with Crippen LogP contribution in [0.5, 0.6) is 0 Å². The number of hydrogen-bond donors (Lipinski definition) is 2. The normalized spacial score (nSPS) is 15.0. The van der Waals surface area contributed by atoms with Gasteiger partial charge in [-0.15, -0.1) is 0 Å². The molecule has 0 saturated carbocycles. The predicted octanol–water partition coefficient (Wildman–Crippen LogP) is -0.0461. The molecule has 0 aromatic carbocycles. The molecule has 0 amide bonds. The molecular formula is C5H11O2. The minimum Gasteiger partial charge on any atom is -0.396 e. The topological polar surface area (TPSA) is 40.5 Å². The van der Waals surface area contributed by atoms with Gasteiger partial charge in [-0.05, 0) is 6.92 Å². The Morgan fingerprint density at radius 3 is 2.14 bits per heavy atom. The van der Waals surface area contributed by atoms with E-state index in [-0.39, 0.29) is 6.61 Å². The number of rotatable bonds is 2. The second-order valence-corrected chi connectivity index (χ2v) is 1.68. The van der Waals surface area contributed by atoms with Crippen LogP contribution in [0.15, 0.2) is 0 Å². The van der Waals surface area contributed by atoms with E-state index in [0.717, 1.165) is 0 Å². The first-order valence-corrected chi connectivity index (χ1v) is 2.29. The highest BCUT2D eigenvalue weighted by Crippen LogP contribution is 2.00. The molecule has 1 radical (unpaired) electrons. The van der Waals surface area contributed by atoms with Gasteiger partial charge in [-0.1, -0.05) is 6.92 Å². The highest BCUT2D eigenvalue weighted by atomic mass is 16.3. The van der Waals surface area contributed by atoms with Gasteiger partial charge in [0.25, 0.3) is 0 Å². The molecule has 0 fully saturated rings. The van der Waals surface area contributed by atoms with E-state index in [1.165, 1.54) is 0 Å². The Balaban J connectivity index is 3.14. The second-order valence-electron chi connectivity index (χ2n) is 1.68. The van der Waals surface area contributed by atoms with Gasteiger partial charge in [0, 0.05) is 5.92 Å². The summed E-state index contributed by atoms with van der Waals surface area (Å²) in [7, 11) is 0. The van der Waals surface area contributed by atoms with Crippen molar-refractivity contribution in [3.8, 4) is 0 Å². The summed E-state index contributed by atoms with van der Waals surface area (Å²) in [6, 6.07) is 0. The average Bonchev–Trinajstić information content (AvgIpc) is 1.65. The average molecular weight is 103 g/mol. The first-order valence-electron chi connectivity index (χ1n) is 2.29. The zero-order valence-electron chi connectivity index (χ0n) is 4.68. The monoisotopic (exact) mass is 103 g/mol. The summed E-state index contributed by atoms with van der Waals surface area (Å²) in [5.74, 6) is 0.708. The van der Waals surface area contributed by atoms with Crippen LogP contribution in [0.25, 0.3) is 0 Å². The molecule has 0 aliphatic carbocycles. The van der Waals surface area contributed by atoms with Crippen molar-refractivity contribution < 1.29 is 10.2 Å². The predicted molar refractivity (Wildman–Crippen MR) is 27.7 cm³/mol. The highest BCUT2D eigenvalue weighted by molar-refractivity contribution is 4.88.